The summed E-state index contributed by atoms with van der Waals surface area (Å²) in [6.45, 7) is 9.62. The molecule has 1 N–H and O–H groups in total. The lowest BCUT2D eigenvalue weighted by Crippen LogP contribution is -2.51. The molecule has 0 aliphatic carbocycles. The minimum atomic E-state index is -0.209. The summed E-state index contributed by atoms with van der Waals surface area (Å²) in [5.74, 6) is 0.204. The maximum absolute atomic E-state index is 12.2. The van der Waals surface area contributed by atoms with E-state index < -0.39 is 0 Å². The topological polar surface area (TPSA) is 41.6 Å². The van der Waals surface area contributed by atoms with Gasteiger partial charge in [0.25, 0.3) is 0 Å². The normalized spacial score (nSPS) is 22.2. The number of carbonyl (C=O) groups excluding carboxylic acids is 1. The van der Waals surface area contributed by atoms with E-state index in [0.717, 1.165) is 13.0 Å². The van der Waals surface area contributed by atoms with Crippen LogP contribution in [0.4, 0.5) is 0 Å². The number of ether oxygens (including phenoxy) is 1. The van der Waals surface area contributed by atoms with E-state index in [1.54, 1.807) is 7.11 Å². The lowest BCUT2D eigenvalue weighted by Gasteiger charge is -2.35. The van der Waals surface area contributed by atoms with Gasteiger partial charge >= 0.3 is 0 Å². The van der Waals surface area contributed by atoms with E-state index in [1.807, 2.05) is 18.7 Å². The Balaban J connectivity index is 2.63. The zero-order valence-corrected chi connectivity index (χ0v) is 11.0. The molecule has 1 fully saturated rings. The van der Waals surface area contributed by atoms with Crippen molar-refractivity contribution in [2.45, 2.75) is 51.7 Å². The third-order valence-electron chi connectivity index (χ3n) is 2.97. The summed E-state index contributed by atoms with van der Waals surface area (Å²) in [7, 11) is 1.67. The smallest absolute Gasteiger partial charge is 0.240 e. The third-order valence-corrected chi connectivity index (χ3v) is 2.97. The van der Waals surface area contributed by atoms with Crippen molar-refractivity contribution in [2.24, 2.45) is 0 Å². The summed E-state index contributed by atoms with van der Waals surface area (Å²) >= 11 is 0. The highest BCUT2D eigenvalue weighted by atomic mass is 16.5. The number of nitrogens with one attached hydrogen (secondary N) is 1. The molecule has 0 aromatic rings. The van der Waals surface area contributed by atoms with Crippen molar-refractivity contribution in [3.8, 4) is 0 Å². The SMILES string of the molecule is COCC(C)(C)N1CCC(NC(C)C)C1=O. The standard InChI is InChI=1S/C12H24N2O2/c1-9(2)13-10-6-7-14(11(10)15)12(3,4)8-16-5/h9-10,13H,6-8H2,1-5H3. The number of rotatable bonds is 5. The van der Waals surface area contributed by atoms with E-state index >= 15 is 0 Å². The van der Waals surface area contributed by atoms with Crippen molar-refractivity contribution in [3.63, 3.8) is 0 Å². The van der Waals surface area contributed by atoms with Gasteiger partial charge in [0.2, 0.25) is 5.91 Å². The number of nitrogens with zero attached hydrogens (tertiary/aromatic N) is 1. The number of methoxy groups -OCH3 is 1. The molecule has 0 aromatic heterocycles. The van der Waals surface area contributed by atoms with Gasteiger partial charge in [-0.1, -0.05) is 13.8 Å². The van der Waals surface area contributed by atoms with Gasteiger partial charge in [0.15, 0.2) is 0 Å². The van der Waals surface area contributed by atoms with Gasteiger partial charge in [-0.05, 0) is 20.3 Å². The molecule has 1 aliphatic rings. The molecular formula is C12H24N2O2. The van der Waals surface area contributed by atoms with Crippen LogP contribution >= 0.6 is 0 Å². The quantitative estimate of drug-likeness (QED) is 0.763. The van der Waals surface area contributed by atoms with Crippen LogP contribution in [0.3, 0.4) is 0 Å². The molecule has 1 atom stereocenters. The van der Waals surface area contributed by atoms with Crippen molar-refractivity contribution in [3.05, 3.63) is 0 Å². The number of carbonyl (C=O) groups is 1. The highest BCUT2D eigenvalue weighted by molar-refractivity contribution is 5.84. The zero-order valence-electron chi connectivity index (χ0n) is 11.0. The second kappa shape index (κ2) is 5.15. The zero-order chi connectivity index (χ0) is 12.3. The first-order valence-electron chi connectivity index (χ1n) is 5.95. The fourth-order valence-corrected chi connectivity index (χ4v) is 2.27. The Labute approximate surface area is 98.3 Å². The molecule has 1 heterocycles. The van der Waals surface area contributed by atoms with E-state index in [0.29, 0.717) is 12.6 Å². The van der Waals surface area contributed by atoms with Crippen LogP contribution in [0.2, 0.25) is 0 Å². The van der Waals surface area contributed by atoms with Gasteiger partial charge in [-0.25, -0.2) is 0 Å². The van der Waals surface area contributed by atoms with Crippen molar-refractivity contribution in [1.29, 1.82) is 0 Å². The molecule has 0 saturated carbocycles. The van der Waals surface area contributed by atoms with Gasteiger partial charge < -0.3 is 15.0 Å². The molecule has 0 radical (unpaired) electrons. The summed E-state index contributed by atoms with van der Waals surface area (Å²) in [6.07, 6.45) is 0.893. The molecule has 94 valence electrons. The molecule has 16 heavy (non-hydrogen) atoms. The molecule has 0 spiro atoms. The van der Waals surface area contributed by atoms with Crippen molar-refractivity contribution in [2.75, 3.05) is 20.3 Å². The van der Waals surface area contributed by atoms with Gasteiger partial charge in [0.1, 0.15) is 0 Å². The van der Waals surface area contributed by atoms with E-state index in [4.69, 9.17) is 4.74 Å². The number of likely N-dealkylation sites (tertiary alicyclic amines) is 1. The minimum absolute atomic E-state index is 0.0175. The Morgan fingerprint density at radius 2 is 2.19 bits per heavy atom. The van der Waals surface area contributed by atoms with E-state index in [1.165, 1.54) is 0 Å². The third kappa shape index (κ3) is 2.95. The molecule has 4 heteroatoms. The van der Waals surface area contributed by atoms with Crippen molar-refractivity contribution < 1.29 is 9.53 Å². The Morgan fingerprint density at radius 1 is 1.56 bits per heavy atom. The van der Waals surface area contributed by atoms with E-state index in [9.17, 15) is 4.79 Å². The first-order valence-corrected chi connectivity index (χ1v) is 5.95. The lowest BCUT2D eigenvalue weighted by molar-refractivity contribution is -0.135. The Kier molecular flexibility index (Phi) is 4.33. The molecule has 1 saturated heterocycles. The Hall–Kier alpha value is -0.610. The summed E-state index contributed by atoms with van der Waals surface area (Å²) in [5.41, 5.74) is -0.209. The molecule has 1 aliphatic heterocycles. The number of amides is 1. The van der Waals surface area contributed by atoms with Gasteiger partial charge in [-0.2, -0.15) is 0 Å². The summed E-state index contributed by atoms with van der Waals surface area (Å²) < 4.78 is 5.17. The van der Waals surface area contributed by atoms with E-state index in [2.05, 4.69) is 19.2 Å². The number of hydrogen-bond acceptors (Lipinski definition) is 3. The summed E-state index contributed by atoms with van der Waals surface area (Å²) in [4.78, 5) is 14.1. The molecule has 4 nitrogen and oxygen atoms in total. The summed E-state index contributed by atoms with van der Waals surface area (Å²) in [6, 6.07) is 0.329. The largest absolute Gasteiger partial charge is 0.382 e. The number of hydrogen-bond donors (Lipinski definition) is 1. The first-order chi connectivity index (χ1) is 7.38. The molecule has 0 aromatic carbocycles. The highest BCUT2D eigenvalue weighted by Crippen LogP contribution is 2.23. The van der Waals surface area contributed by atoms with Gasteiger partial charge in [0, 0.05) is 19.7 Å². The maximum atomic E-state index is 12.2. The molecule has 1 unspecified atom stereocenters. The monoisotopic (exact) mass is 228 g/mol. The van der Waals surface area contributed by atoms with Crippen LogP contribution in [0, 0.1) is 0 Å². The predicted molar refractivity (Wildman–Crippen MR) is 64.3 cm³/mol. The maximum Gasteiger partial charge on any atom is 0.240 e. The molecular weight excluding hydrogens is 204 g/mol. The average molecular weight is 228 g/mol. The fraction of sp³-hybridized carbons (Fsp3) is 0.917. The van der Waals surface area contributed by atoms with Crippen LogP contribution in [0.15, 0.2) is 0 Å². The molecule has 0 bridgehead atoms. The van der Waals surface area contributed by atoms with Crippen molar-refractivity contribution in [1.82, 2.24) is 10.2 Å². The second-order valence-electron chi connectivity index (χ2n) is 5.40. The van der Waals surface area contributed by atoms with Crippen LogP contribution in [-0.2, 0) is 9.53 Å². The lowest BCUT2D eigenvalue weighted by atomic mass is 10.1. The molecule has 1 rings (SSSR count). The molecule has 1 amide bonds. The second-order valence-corrected chi connectivity index (χ2v) is 5.40. The van der Waals surface area contributed by atoms with E-state index in [-0.39, 0.29) is 17.5 Å². The first kappa shape index (κ1) is 13.5. The van der Waals surface area contributed by atoms with Crippen LogP contribution in [0.25, 0.3) is 0 Å². The minimum Gasteiger partial charge on any atom is -0.382 e. The highest BCUT2D eigenvalue weighted by Gasteiger charge is 2.39. The van der Waals surface area contributed by atoms with Crippen LogP contribution < -0.4 is 5.32 Å². The van der Waals surface area contributed by atoms with Crippen LogP contribution in [-0.4, -0.2) is 48.7 Å². The van der Waals surface area contributed by atoms with Gasteiger partial charge in [-0.15, -0.1) is 0 Å². The van der Waals surface area contributed by atoms with Gasteiger partial charge in [-0.3, -0.25) is 4.79 Å². The fourth-order valence-electron chi connectivity index (χ4n) is 2.27. The Bertz CT molecular complexity index is 251. The summed E-state index contributed by atoms with van der Waals surface area (Å²) in [5, 5.41) is 3.30. The predicted octanol–water partition coefficient (Wildman–Crippen LogP) is 1.01. The average Bonchev–Trinajstić information content (AvgIpc) is 2.47. The van der Waals surface area contributed by atoms with Gasteiger partial charge in [0.05, 0.1) is 18.2 Å². The van der Waals surface area contributed by atoms with Crippen LogP contribution in [0.5, 0.6) is 0 Å². The Morgan fingerprint density at radius 3 is 2.69 bits per heavy atom. The van der Waals surface area contributed by atoms with Crippen LogP contribution in [0.1, 0.15) is 34.1 Å². The van der Waals surface area contributed by atoms with Crippen molar-refractivity contribution >= 4 is 5.91 Å².